The van der Waals surface area contributed by atoms with Crippen LogP contribution in [0.4, 0.5) is 8.78 Å². The van der Waals surface area contributed by atoms with Gasteiger partial charge >= 0.3 is 12.6 Å². The molecule has 0 aliphatic carbocycles. The number of carboxylic acid groups (broad SMARTS) is 1. The SMILES string of the molecule is Cc1cc(OC(F)F)c(C)c(C(=O)O)c1. The summed E-state index contributed by atoms with van der Waals surface area (Å²) < 4.78 is 28.2. The molecular formula is C10H10F2O3. The van der Waals surface area contributed by atoms with Gasteiger partial charge in [-0.3, -0.25) is 0 Å². The molecule has 15 heavy (non-hydrogen) atoms. The zero-order valence-electron chi connectivity index (χ0n) is 8.25. The van der Waals surface area contributed by atoms with E-state index in [0.717, 1.165) is 0 Å². The molecule has 0 saturated carbocycles. The minimum Gasteiger partial charge on any atom is -0.478 e. The maximum absolute atomic E-state index is 12.0. The molecule has 82 valence electrons. The van der Waals surface area contributed by atoms with Crippen LogP contribution in [0.3, 0.4) is 0 Å². The molecule has 0 fully saturated rings. The highest BCUT2D eigenvalue weighted by atomic mass is 19.3. The number of hydrogen-bond donors (Lipinski definition) is 1. The molecule has 0 bridgehead atoms. The molecule has 1 aromatic carbocycles. The molecule has 0 radical (unpaired) electrons. The zero-order valence-corrected chi connectivity index (χ0v) is 8.25. The van der Waals surface area contributed by atoms with Crippen LogP contribution in [0.25, 0.3) is 0 Å². The quantitative estimate of drug-likeness (QED) is 0.844. The van der Waals surface area contributed by atoms with Crippen LogP contribution in [0, 0.1) is 13.8 Å². The molecular weight excluding hydrogens is 206 g/mol. The number of aryl methyl sites for hydroxylation is 1. The van der Waals surface area contributed by atoms with E-state index in [-0.39, 0.29) is 16.9 Å². The fourth-order valence-electron chi connectivity index (χ4n) is 1.27. The third kappa shape index (κ3) is 2.65. The molecule has 1 aromatic rings. The molecule has 1 rings (SSSR count). The Balaban J connectivity index is 3.22. The number of alkyl halides is 2. The first kappa shape index (κ1) is 11.4. The molecule has 0 saturated heterocycles. The lowest BCUT2D eigenvalue weighted by molar-refractivity contribution is -0.0504. The first-order valence-electron chi connectivity index (χ1n) is 4.21. The highest BCUT2D eigenvalue weighted by Gasteiger charge is 2.15. The molecule has 0 aliphatic heterocycles. The highest BCUT2D eigenvalue weighted by Crippen LogP contribution is 2.25. The average molecular weight is 216 g/mol. The van der Waals surface area contributed by atoms with Gasteiger partial charge in [0, 0.05) is 5.56 Å². The number of hydrogen-bond acceptors (Lipinski definition) is 2. The van der Waals surface area contributed by atoms with Crippen LogP contribution >= 0.6 is 0 Å². The van der Waals surface area contributed by atoms with E-state index in [1.807, 2.05) is 0 Å². The number of rotatable bonds is 3. The Kier molecular flexibility index (Phi) is 3.24. The van der Waals surface area contributed by atoms with E-state index in [1.54, 1.807) is 6.92 Å². The zero-order chi connectivity index (χ0) is 11.6. The fourth-order valence-corrected chi connectivity index (χ4v) is 1.27. The summed E-state index contributed by atoms with van der Waals surface area (Å²) in [5.41, 5.74) is 0.743. The summed E-state index contributed by atoms with van der Waals surface area (Å²) in [6.07, 6.45) is 0. The minimum absolute atomic E-state index is 0.0225. The number of ether oxygens (including phenoxy) is 1. The summed E-state index contributed by atoms with van der Waals surface area (Å²) in [4.78, 5) is 10.8. The summed E-state index contributed by atoms with van der Waals surface area (Å²) in [5, 5.41) is 8.81. The van der Waals surface area contributed by atoms with E-state index in [0.29, 0.717) is 5.56 Å². The minimum atomic E-state index is -2.95. The van der Waals surface area contributed by atoms with E-state index in [9.17, 15) is 13.6 Å². The van der Waals surface area contributed by atoms with Gasteiger partial charge in [0.25, 0.3) is 0 Å². The summed E-state index contributed by atoms with van der Waals surface area (Å²) in [5.74, 6) is -1.25. The van der Waals surface area contributed by atoms with Crippen molar-refractivity contribution in [3.63, 3.8) is 0 Å². The van der Waals surface area contributed by atoms with Crippen LogP contribution in [0.5, 0.6) is 5.75 Å². The lowest BCUT2D eigenvalue weighted by Crippen LogP contribution is -2.07. The van der Waals surface area contributed by atoms with Gasteiger partial charge in [-0.1, -0.05) is 0 Å². The van der Waals surface area contributed by atoms with Gasteiger partial charge in [0.05, 0.1) is 5.56 Å². The second-order valence-electron chi connectivity index (χ2n) is 3.12. The van der Waals surface area contributed by atoms with Crippen molar-refractivity contribution in [2.24, 2.45) is 0 Å². The molecule has 0 unspecified atom stereocenters. The Hall–Kier alpha value is -1.65. The third-order valence-corrected chi connectivity index (χ3v) is 1.95. The maximum atomic E-state index is 12.0. The van der Waals surface area contributed by atoms with Gasteiger partial charge in [-0.15, -0.1) is 0 Å². The van der Waals surface area contributed by atoms with Gasteiger partial charge in [-0.25, -0.2) is 4.79 Å². The Morgan fingerprint density at radius 3 is 2.47 bits per heavy atom. The van der Waals surface area contributed by atoms with Gasteiger partial charge in [-0.05, 0) is 31.5 Å². The van der Waals surface area contributed by atoms with Gasteiger partial charge in [0.1, 0.15) is 5.75 Å². The van der Waals surface area contributed by atoms with Crippen molar-refractivity contribution >= 4 is 5.97 Å². The van der Waals surface area contributed by atoms with E-state index in [2.05, 4.69) is 4.74 Å². The van der Waals surface area contributed by atoms with Crippen molar-refractivity contribution in [2.75, 3.05) is 0 Å². The summed E-state index contributed by atoms with van der Waals surface area (Å²) in [6, 6.07) is 2.80. The lowest BCUT2D eigenvalue weighted by atomic mass is 10.0. The topological polar surface area (TPSA) is 46.5 Å². The van der Waals surface area contributed by atoms with Crippen LogP contribution in [0.2, 0.25) is 0 Å². The van der Waals surface area contributed by atoms with Crippen LogP contribution in [-0.4, -0.2) is 17.7 Å². The van der Waals surface area contributed by atoms with Gasteiger partial charge in [0.2, 0.25) is 0 Å². The second-order valence-corrected chi connectivity index (χ2v) is 3.12. The molecule has 3 nitrogen and oxygen atoms in total. The number of carbonyl (C=O) groups is 1. The summed E-state index contributed by atoms with van der Waals surface area (Å²) in [7, 11) is 0. The lowest BCUT2D eigenvalue weighted by Gasteiger charge is -2.11. The Morgan fingerprint density at radius 2 is 2.00 bits per heavy atom. The molecule has 1 N–H and O–H groups in total. The molecule has 0 aliphatic rings. The fraction of sp³-hybridized carbons (Fsp3) is 0.300. The largest absolute Gasteiger partial charge is 0.478 e. The number of aromatic carboxylic acids is 1. The first-order valence-corrected chi connectivity index (χ1v) is 4.21. The average Bonchev–Trinajstić information content (AvgIpc) is 2.09. The Bertz CT molecular complexity index is 388. The molecule has 0 spiro atoms. The van der Waals surface area contributed by atoms with E-state index < -0.39 is 12.6 Å². The van der Waals surface area contributed by atoms with E-state index >= 15 is 0 Å². The Labute approximate surface area is 85.3 Å². The standard InChI is InChI=1S/C10H10F2O3/c1-5-3-7(9(13)14)6(2)8(4-5)15-10(11)12/h3-4,10H,1-2H3,(H,13,14). The Morgan fingerprint density at radius 1 is 1.40 bits per heavy atom. The van der Waals surface area contributed by atoms with Crippen molar-refractivity contribution in [3.8, 4) is 5.75 Å². The second kappa shape index (κ2) is 4.25. The van der Waals surface area contributed by atoms with Crippen LogP contribution in [0.15, 0.2) is 12.1 Å². The number of carboxylic acids is 1. The van der Waals surface area contributed by atoms with Crippen LogP contribution in [0.1, 0.15) is 21.5 Å². The predicted octanol–water partition coefficient (Wildman–Crippen LogP) is 2.60. The van der Waals surface area contributed by atoms with Gasteiger partial charge in [0.15, 0.2) is 0 Å². The van der Waals surface area contributed by atoms with Crippen molar-refractivity contribution < 1.29 is 23.4 Å². The van der Waals surface area contributed by atoms with Crippen molar-refractivity contribution in [1.29, 1.82) is 0 Å². The maximum Gasteiger partial charge on any atom is 0.387 e. The first-order chi connectivity index (χ1) is 6.91. The predicted molar refractivity (Wildman–Crippen MR) is 49.5 cm³/mol. The molecule has 0 atom stereocenters. The monoisotopic (exact) mass is 216 g/mol. The van der Waals surface area contributed by atoms with E-state index in [1.165, 1.54) is 19.1 Å². The van der Waals surface area contributed by atoms with Crippen molar-refractivity contribution in [1.82, 2.24) is 0 Å². The molecule has 0 amide bonds. The van der Waals surface area contributed by atoms with Gasteiger partial charge < -0.3 is 9.84 Å². The number of halogens is 2. The molecule has 0 aromatic heterocycles. The molecule has 5 heteroatoms. The summed E-state index contributed by atoms with van der Waals surface area (Å²) in [6.45, 7) is 0.0947. The normalized spacial score (nSPS) is 10.5. The van der Waals surface area contributed by atoms with Crippen LogP contribution in [-0.2, 0) is 0 Å². The third-order valence-electron chi connectivity index (χ3n) is 1.95. The van der Waals surface area contributed by atoms with Crippen molar-refractivity contribution in [3.05, 3.63) is 28.8 Å². The van der Waals surface area contributed by atoms with E-state index in [4.69, 9.17) is 5.11 Å². The number of benzene rings is 1. The van der Waals surface area contributed by atoms with Crippen molar-refractivity contribution in [2.45, 2.75) is 20.5 Å². The molecule has 0 heterocycles. The summed E-state index contributed by atoms with van der Waals surface area (Å²) >= 11 is 0. The van der Waals surface area contributed by atoms with Gasteiger partial charge in [-0.2, -0.15) is 8.78 Å². The smallest absolute Gasteiger partial charge is 0.387 e. The highest BCUT2D eigenvalue weighted by molar-refractivity contribution is 5.90. The van der Waals surface area contributed by atoms with Crippen LogP contribution < -0.4 is 4.74 Å².